The van der Waals surface area contributed by atoms with E-state index in [1.54, 1.807) is 5.38 Å². The van der Waals surface area contributed by atoms with Gasteiger partial charge in [-0.15, -0.1) is 11.3 Å². The molecule has 7 unspecified atom stereocenters. The minimum Gasteiger partial charge on any atom is -0.756 e. The Bertz CT molecular complexity index is 1660. The number of rotatable bonds is 10. The Kier molecular flexibility index (Phi) is 8.33. The number of H-pyrrole nitrogens is 1. The summed E-state index contributed by atoms with van der Waals surface area (Å²) >= 11 is 6.28. The second kappa shape index (κ2) is 11.2. The number of nitrogens with one attached hydrogen (secondary N) is 2. The van der Waals surface area contributed by atoms with Crippen LogP contribution in [0.3, 0.4) is 0 Å². The zero-order valence-corrected chi connectivity index (χ0v) is 23.9. The molecule has 5 N–H and O–H groups in total. The van der Waals surface area contributed by atoms with Crippen molar-refractivity contribution in [3.8, 4) is 0 Å². The summed E-state index contributed by atoms with van der Waals surface area (Å²) < 4.78 is 64.4. The molecule has 0 aliphatic carbocycles. The molecule has 2 fully saturated rings. The maximum Gasteiger partial charge on any atom is 0.283 e. The zero-order valence-electron chi connectivity index (χ0n) is 19.6. The summed E-state index contributed by atoms with van der Waals surface area (Å²) in [5.74, 6) is -0.827. The normalized spacial score (nSPS) is 28.5. The number of ether oxygens (including phenoxy) is 3. The molecule has 2 saturated heterocycles. The molecule has 2 aliphatic heterocycles. The lowest BCUT2D eigenvalue weighted by atomic mass is 10.1. The number of carbonyl (C=O) groups excluding carboxylic acids is 1. The van der Waals surface area contributed by atoms with E-state index in [0.717, 1.165) is 11.3 Å². The third-order valence-electron chi connectivity index (χ3n) is 5.26. The van der Waals surface area contributed by atoms with Gasteiger partial charge in [-0.1, -0.05) is 12.2 Å². The van der Waals surface area contributed by atoms with Crippen molar-refractivity contribution in [1.29, 1.82) is 0 Å². The van der Waals surface area contributed by atoms with Crippen LogP contribution in [0.25, 0.3) is 11.2 Å². The first-order chi connectivity index (χ1) is 19.1. The molecule has 1 amide bonds. The summed E-state index contributed by atoms with van der Waals surface area (Å²) in [6.07, 6.45) is -3.69. The molecule has 224 valence electrons. The first-order valence-electron chi connectivity index (χ1n) is 10.7. The van der Waals surface area contributed by atoms with E-state index in [4.69, 9.17) is 37.1 Å². The number of imidazole rings is 1. The number of amides is 1. The number of phosphoric ester groups is 1. The molecule has 41 heavy (non-hydrogen) atoms. The molecule has 0 radical (unpaired) electrons. The summed E-state index contributed by atoms with van der Waals surface area (Å²) in [6, 6.07) is 0. The summed E-state index contributed by atoms with van der Waals surface area (Å²) in [6.45, 7) is -0.983. The van der Waals surface area contributed by atoms with Gasteiger partial charge in [0.1, 0.15) is 29.5 Å². The number of nitrogens with two attached hydrogens (primary N) is 1. The number of nitrogens with zero attached hydrogens (tertiary/aromatic N) is 4. The molecule has 0 aromatic carbocycles. The van der Waals surface area contributed by atoms with Crippen LogP contribution in [-0.2, 0) is 45.8 Å². The second-order valence-electron chi connectivity index (χ2n) is 8.02. The van der Waals surface area contributed by atoms with Gasteiger partial charge in [0.15, 0.2) is 21.9 Å². The second-order valence-corrected chi connectivity index (χ2v) is 13.6. The number of anilines is 2. The highest BCUT2D eigenvalue weighted by molar-refractivity contribution is 7.71. The quantitative estimate of drug-likeness (QED) is 0.142. The number of fused-ring (bicyclic) bond motifs is 2. The van der Waals surface area contributed by atoms with Gasteiger partial charge in [-0.25, -0.2) is 23.6 Å². The largest absolute Gasteiger partial charge is 0.756 e. The van der Waals surface area contributed by atoms with Gasteiger partial charge in [-0.2, -0.15) is 0 Å². The molecule has 2 aliphatic rings. The number of carbonyl (C=O) groups is 1. The average molecular weight is 674 g/mol. The molecule has 0 saturated carbocycles. The minimum absolute atomic E-state index is 0.0490. The smallest absolute Gasteiger partial charge is 0.283 e. The van der Waals surface area contributed by atoms with Crippen molar-refractivity contribution in [2.75, 3.05) is 17.7 Å². The summed E-state index contributed by atoms with van der Waals surface area (Å²) in [5.41, 5.74) is 6.20. The Hall–Kier alpha value is -2.04. The molecule has 3 aromatic heterocycles. The molecule has 5 rings (SSSR count). The third kappa shape index (κ3) is 6.96. The number of nitrogen functional groups attached to an aromatic ring is 1. The van der Waals surface area contributed by atoms with Crippen molar-refractivity contribution >= 4 is 75.2 Å². The van der Waals surface area contributed by atoms with Gasteiger partial charge >= 0.3 is 0 Å². The highest BCUT2D eigenvalue weighted by atomic mass is 32.1. The van der Waals surface area contributed by atoms with Crippen molar-refractivity contribution in [3.63, 3.8) is 0 Å². The van der Waals surface area contributed by atoms with Crippen LogP contribution in [0.2, 0.25) is 0 Å². The minimum atomic E-state index is -6.13. The van der Waals surface area contributed by atoms with Gasteiger partial charge < -0.3 is 49.0 Å². The van der Waals surface area contributed by atoms with Crippen molar-refractivity contribution in [2.24, 2.45) is 0 Å². The van der Waals surface area contributed by atoms with E-state index < -0.39 is 66.8 Å². The fraction of sp³-hybridized carbons (Fsp3) is 0.400. The van der Waals surface area contributed by atoms with Gasteiger partial charge in [-0.05, 0) is 0 Å². The van der Waals surface area contributed by atoms with Crippen LogP contribution in [0, 0.1) is 4.64 Å². The predicted molar refractivity (Wildman–Crippen MR) is 128 cm³/mol. The van der Waals surface area contributed by atoms with Gasteiger partial charge in [0.25, 0.3) is 29.4 Å². The molecule has 3 aromatic rings. The first kappa shape index (κ1) is 30.4. The lowest BCUT2D eigenvalue weighted by Gasteiger charge is -2.33. The molecule has 8 atom stereocenters. The standard InChI is InChI=1S/C15H18N7O14P3S2/c16-14-19-9-6(11(40)21-14)18-4-22(9)12-8-7(33-13(34-8)10(23)20-15-17-1-2-41-15)5(32-12)3-31-38(27,28)36-39(29,30)35-37(24,25)26/h1-2,4-5,7-8,12-13H,3H2,(H,27,28)(H,29,30)(H,17,20,23)(H2,24,25,26)(H3,16,19,21,40)/p-3/t5?,7?,8?,12?,13-/m1/s1. The van der Waals surface area contributed by atoms with E-state index in [0.29, 0.717) is 0 Å². The Morgan fingerprint density at radius 2 is 1.93 bits per heavy atom. The van der Waals surface area contributed by atoms with E-state index in [2.05, 4.69) is 38.4 Å². The molecular formula is C15H15N7O14P3S2-3. The van der Waals surface area contributed by atoms with Crippen LogP contribution in [-0.4, -0.2) is 66.5 Å². The Morgan fingerprint density at radius 1 is 1.20 bits per heavy atom. The fourth-order valence-corrected chi connectivity index (χ4v) is 7.54. The van der Waals surface area contributed by atoms with Crippen molar-refractivity contribution in [3.05, 3.63) is 22.5 Å². The predicted octanol–water partition coefficient (Wildman–Crippen LogP) is -1.38. The van der Waals surface area contributed by atoms with Crippen LogP contribution in [0.15, 0.2) is 17.9 Å². The maximum atomic E-state index is 12.7. The molecule has 26 heteroatoms. The van der Waals surface area contributed by atoms with Crippen LogP contribution in [0.4, 0.5) is 11.1 Å². The highest BCUT2D eigenvalue weighted by Gasteiger charge is 2.55. The van der Waals surface area contributed by atoms with E-state index >= 15 is 0 Å². The van der Waals surface area contributed by atoms with E-state index in [-0.39, 0.29) is 26.9 Å². The lowest BCUT2D eigenvalue weighted by Crippen LogP contribution is -2.34. The van der Waals surface area contributed by atoms with Crippen LogP contribution in [0.1, 0.15) is 6.23 Å². The first-order valence-corrected chi connectivity index (χ1v) is 16.4. The summed E-state index contributed by atoms with van der Waals surface area (Å²) in [4.78, 5) is 70.3. The number of aromatic amines is 1. The number of thiazole rings is 1. The summed E-state index contributed by atoms with van der Waals surface area (Å²) in [7, 11) is -17.9. The Labute approximate surface area is 236 Å². The van der Waals surface area contributed by atoms with Gasteiger partial charge in [0.2, 0.25) is 6.29 Å². The van der Waals surface area contributed by atoms with Gasteiger partial charge in [-0.3, -0.25) is 28.4 Å². The van der Waals surface area contributed by atoms with Crippen LogP contribution < -0.4 is 25.7 Å². The SMILES string of the molecule is Nc1nc(=S)c2ncn(C3OC(COP(=O)([O-])OP(=O)([O-])OP(=O)([O-])O)C4O[C@@H](C(=O)Nc5nccs5)OC43)c2[nH]1. The summed E-state index contributed by atoms with van der Waals surface area (Å²) in [5, 5.41) is 4.33. The van der Waals surface area contributed by atoms with Crippen molar-refractivity contribution in [1.82, 2.24) is 24.5 Å². The van der Waals surface area contributed by atoms with E-state index in [9.17, 15) is 33.2 Å². The molecular weight excluding hydrogens is 659 g/mol. The fourth-order valence-electron chi connectivity index (χ4n) is 3.86. The molecule has 5 heterocycles. The van der Waals surface area contributed by atoms with Crippen molar-refractivity contribution in [2.45, 2.75) is 30.8 Å². The van der Waals surface area contributed by atoms with E-state index in [1.807, 2.05) is 0 Å². The maximum absolute atomic E-state index is 12.7. The highest BCUT2D eigenvalue weighted by Crippen LogP contribution is 2.61. The van der Waals surface area contributed by atoms with Crippen LogP contribution in [0.5, 0.6) is 0 Å². The Balaban J connectivity index is 1.38. The van der Waals surface area contributed by atoms with Crippen LogP contribution >= 0.6 is 47.0 Å². The topological polar surface area (TPSA) is 311 Å². The zero-order chi connectivity index (χ0) is 29.7. The lowest BCUT2D eigenvalue weighted by molar-refractivity contribution is -0.250. The van der Waals surface area contributed by atoms with Gasteiger partial charge in [0, 0.05) is 11.6 Å². The van der Waals surface area contributed by atoms with Crippen molar-refractivity contribution < 1.29 is 65.4 Å². The number of aromatic nitrogens is 5. The number of hydrogen-bond acceptors (Lipinski definition) is 19. The average Bonchev–Trinajstić information content (AvgIpc) is 3.59. The monoisotopic (exact) mass is 674 g/mol. The van der Waals surface area contributed by atoms with Gasteiger partial charge in [0.05, 0.1) is 12.9 Å². The molecule has 21 nitrogen and oxygen atoms in total. The molecule has 0 bridgehead atoms. The number of phosphoric acid groups is 3. The number of hydrogen-bond donors (Lipinski definition) is 4. The Morgan fingerprint density at radius 3 is 2.61 bits per heavy atom. The van der Waals surface area contributed by atoms with E-state index in [1.165, 1.54) is 17.1 Å². The third-order valence-corrected chi connectivity index (χ3v) is 9.93. The molecule has 0 spiro atoms.